The van der Waals surface area contributed by atoms with E-state index in [1.807, 2.05) is 11.5 Å². The maximum Gasteiger partial charge on any atom is 0.303 e. The summed E-state index contributed by atoms with van der Waals surface area (Å²) < 4.78 is 1.86. The summed E-state index contributed by atoms with van der Waals surface area (Å²) in [5.41, 5.74) is 15.0. The number of hydrogen-bond donors (Lipinski definition) is 3. The lowest BCUT2D eigenvalue weighted by Crippen LogP contribution is -2.14. The van der Waals surface area contributed by atoms with E-state index in [0.717, 1.165) is 16.9 Å². The number of hydrogen-bond acceptors (Lipinski definition) is 3. The standard InChI is InChI=1S/C22H20ClN3O4/c1-12-10-13(21(24)29)2-7-18(12)26-15(5-9-20(27)28)4-8-19(26)16-6-3-14(23)11-17(16)22(25)30/h2-4,6-8,10-11H,5,9H2,1H3,(H2,24,29)(H2,25,30)(H,27,28). The van der Waals surface area contributed by atoms with Gasteiger partial charge in [-0.2, -0.15) is 0 Å². The maximum absolute atomic E-state index is 12.0. The van der Waals surface area contributed by atoms with Crippen LogP contribution in [0.2, 0.25) is 5.02 Å². The van der Waals surface area contributed by atoms with Crippen LogP contribution in [-0.2, 0) is 11.2 Å². The lowest BCUT2D eigenvalue weighted by molar-refractivity contribution is -0.137. The lowest BCUT2D eigenvalue weighted by atomic mass is 10.0. The number of amides is 2. The number of halogens is 1. The Balaban J connectivity index is 2.26. The van der Waals surface area contributed by atoms with E-state index in [9.17, 15) is 14.4 Å². The summed E-state index contributed by atoms with van der Waals surface area (Å²) in [6.45, 7) is 1.82. The van der Waals surface area contributed by atoms with E-state index < -0.39 is 17.8 Å². The van der Waals surface area contributed by atoms with E-state index in [1.165, 1.54) is 6.07 Å². The molecule has 0 atom stereocenters. The van der Waals surface area contributed by atoms with Gasteiger partial charge in [-0.3, -0.25) is 14.4 Å². The van der Waals surface area contributed by atoms with Crippen molar-refractivity contribution < 1.29 is 19.5 Å². The highest BCUT2D eigenvalue weighted by Gasteiger charge is 2.19. The summed E-state index contributed by atoms with van der Waals surface area (Å²) in [6, 6.07) is 13.5. The zero-order valence-corrected chi connectivity index (χ0v) is 16.9. The SMILES string of the molecule is Cc1cc(C(N)=O)ccc1-n1c(CCC(=O)O)ccc1-c1ccc(Cl)cc1C(N)=O. The van der Waals surface area contributed by atoms with E-state index in [1.54, 1.807) is 42.5 Å². The van der Waals surface area contributed by atoms with Crippen molar-refractivity contribution in [2.75, 3.05) is 0 Å². The van der Waals surface area contributed by atoms with Gasteiger partial charge in [0.25, 0.3) is 0 Å². The van der Waals surface area contributed by atoms with Gasteiger partial charge in [0.2, 0.25) is 11.8 Å². The maximum atomic E-state index is 12.0. The highest BCUT2D eigenvalue weighted by Crippen LogP contribution is 2.32. The highest BCUT2D eigenvalue weighted by atomic mass is 35.5. The van der Waals surface area contributed by atoms with Crippen molar-refractivity contribution >= 4 is 29.4 Å². The van der Waals surface area contributed by atoms with Gasteiger partial charge in [-0.05, 0) is 61.4 Å². The molecule has 7 nitrogen and oxygen atoms in total. The zero-order chi connectivity index (χ0) is 22.0. The zero-order valence-electron chi connectivity index (χ0n) is 16.2. The Labute approximate surface area is 177 Å². The summed E-state index contributed by atoms with van der Waals surface area (Å²) in [5.74, 6) is -2.10. The largest absolute Gasteiger partial charge is 0.481 e. The van der Waals surface area contributed by atoms with Gasteiger partial charge in [-0.25, -0.2) is 0 Å². The summed E-state index contributed by atoms with van der Waals surface area (Å²) in [6.07, 6.45) is 0.205. The molecule has 8 heteroatoms. The summed E-state index contributed by atoms with van der Waals surface area (Å²) >= 11 is 6.04. The molecular weight excluding hydrogens is 406 g/mol. The van der Waals surface area contributed by atoms with Gasteiger partial charge in [-0.15, -0.1) is 0 Å². The van der Waals surface area contributed by atoms with Crippen molar-refractivity contribution in [3.8, 4) is 16.9 Å². The predicted molar refractivity (Wildman–Crippen MR) is 114 cm³/mol. The fourth-order valence-corrected chi connectivity index (χ4v) is 3.58. The number of nitrogens with two attached hydrogens (primary N) is 2. The first-order valence-corrected chi connectivity index (χ1v) is 9.49. The Hall–Kier alpha value is -3.58. The smallest absolute Gasteiger partial charge is 0.303 e. The topological polar surface area (TPSA) is 128 Å². The number of carboxylic acids is 1. The molecule has 2 amide bonds. The highest BCUT2D eigenvalue weighted by molar-refractivity contribution is 6.31. The molecule has 0 unspecified atom stereocenters. The Morgan fingerprint density at radius 1 is 1.00 bits per heavy atom. The molecule has 0 spiro atoms. The molecule has 1 heterocycles. The normalized spacial score (nSPS) is 10.7. The molecular formula is C22H20ClN3O4. The van der Waals surface area contributed by atoms with E-state index >= 15 is 0 Å². The van der Waals surface area contributed by atoms with Crippen LogP contribution >= 0.6 is 11.6 Å². The molecule has 2 aromatic carbocycles. The molecule has 0 radical (unpaired) electrons. The van der Waals surface area contributed by atoms with Crippen LogP contribution in [0.25, 0.3) is 16.9 Å². The van der Waals surface area contributed by atoms with Crippen molar-refractivity contribution in [1.82, 2.24) is 4.57 Å². The summed E-state index contributed by atoms with van der Waals surface area (Å²) in [7, 11) is 0. The number of rotatable bonds is 7. The van der Waals surface area contributed by atoms with Gasteiger partial charge in [0.05, 0.1) is 12.1 Å². The average Bonchev–Trinajstić information content (AvgIpc) is 3.09. The third kappa shape index (κ3) is 4.21. The van der Waals surface area contributed by atoms with Crippen LogP contribution in [0.15, 0.2) is 48.5 Å². The number of carboxylic acid groups (broad SMARTS) is 1. The summed E-state index contributed by atoms with van der Waals surface area (Å²) in [4.78, 5) is 34.7. The van der Waals surface area contributed by atoms with Crippen LogP contribution in [0.1, 0.15) is 38.4 Å². The summed E-state index contributed by atoms with van der Waals surface area (Å²) in [5, 5.41) is 9.50. The molecule has 3 rings (SSSR count). The van der Waals surface area contributed by atoms with Gasteiger partial charge in [0.15, 0.2) is 0 Å². The third-order valence-corrected chi connectivity index (χ3v) is 5.04. The van der Waals surface area contributed by atoms with E-state index in [4.69, 9.17) is 28.2 Å². The fraction of sp³-hybridized carbons (Fsp3) is 0.136. The number of primary amides is 2. The second kappa shape index (κ2) is 8.42. The molecule has 0 aliphatic carbocycles. The van der Waals surface area contributed by atoms with Crippen LogP contribution in [-0.4, -0.2) is 27.5 Å². The molecule has 0 aliphatic rings. The minimum atomic E-state index is -0.922. The van der Waals surface area contributed by atoms with Gasteiger partial charge >= 0.3 is 5.97 Å². The molecule has 154 valence electrons. The van der Waals surface area contributed by atoms with Crippen molar-refractivity contribution in [3.05, 3.63) is 75.9 Å². The first-order chi connectivity index (χ1) is 14.2. The van der Waals surface area contributed by atoms with Gasteiger partial charge in [0.1, 0.15) is 0 Å². The monoisotopic (exact) mass is 425 g/mol. The van der Waals surface area contributed by atoms with Gasteiger partial charge in [0, 0.05) is 33.1 Å². The molecule has 30 heavy (non-hydrogen) atoms. The number of aryl methyl sites for hydroxylation is 2. The first kappa shape index (κ1) is 21.1. The van der Waals surface area contributed by atoms with Crippen LogP contribution in [0, 0.1) is 6.92 Å². The van der Waals surface area contributed by atoms with Crippen molar-refractivity contribution in [2.45, 2.75) is 19.8 Å². The third-order valence-electron chi connectivity index (χ3n) is 4.80. The molecule has 1 aromatic heterocycles. The first-order valence-electron chi connectivity index (χ1n) is 9.12. The number of carbonyl (C=O) groups is 3. The number of aliphatic carboxylic acids is 1. The van der Waals surface area contributed by atoms with Crippen molar-refractivity contribution in [1.29, 1.82) is 0 Å². The predicted octanol–water partition coefficient (Wildman–Crippen LogP) is 3.32. The Morgan fingerprint density at radius 3 is 2.33 bits per heavy atom. The molecule has 5 N–H and O–H groups in total. The molecule has 0 saturated heterocycles. The quantitative estimate of drug-likeness (QED) is 0.536. The number of nitrogens with zero attached hydrogens (tertiary/aromatic N) is 1. The van der Waals surface area contributed by atoms with Gasteiger partial charge in [-0.1, -0.05) is 17.7 Å². The van der Waals surface area contributed by atoms with E-state index in [0.29, 0.717) is 21.8 Å². The van der Waals surface area contributed by atoms with Crippen LogP contribution in [0.4, 0.5) is 0 Å². The number of benzene rings is 2. The van der Waals surface area contributed by atoms with Crippen molar-refractivity contribution in [2.24, 2.45) is 11.5 Å². The second-order valence-corrected chi connectivity index (χ2v) is 7.30. The minimum Gasteiger partial charge on any atom is -0.481 e. The van der Waals surface area contributed by atoms with Crippen molar-refractivity contribution in [3.63, 3.8) is 0 Å². The Morgan fingerprint density at radius 2 is 1.73 bits per heavy atom. The Kier molecular flexibility index (Phi) is 5.94. The molecule has 0 aliphatic heterocycles. The van der Waals surface area contributed by atoms with Crippen LogP contribution in [0.3, 0.4) is 0 Å². The Bertz CT molecular complexity index is 1170. The number of aromatic nitrogens is 1. The number of carbonyl (C=O) groups excluding carboxylic acids is 2. The molecule has 0 fully saturated rings. The average molecular weight is 426 g/mol. The fourth-order valence-electron chi connectivity index (χ4n) is 3.41. The van der Waals surface area contributed by atoms with Crippen LogP contribution in [0.5, 0.6) is 0 Å². The molecule has 3 aromatic rings. The molecule has 0 saturated carbocycles. The lowest BCUT2D eigenvalue weighted by Gasteiger charge is -2.18. The van der Waals surface area contributed by atoms with Crippen LogP contribution < -0.4 is 11.5 Å². The van der Waals surface area contributed by atoms with E-state index in [2.05, 4.69) is 0 Å². The molecule has 0 bridgehead atoms. The van der Waals surface area contributed by atoms with E-state index in [-0.39, 0.29) is 18.4 Å². The van der Waals surface area contributed by atoms with Gasteiger partial charge < -0.3 is 21.1 Å². The second-order valence-electron chi connectivity index (χ2n) is 6.86. The minimum absolute atomic E-state index is 0.0643.